The second-order valence-corrected chi connectivity index (χ2v) is 4.41. The molecule has 1 fully saturated rings. The summed E-state index contributed by atoms with van der Waals surface area (Å²) in [6, 6.07) is 0.190. The number of piperazine rings is 1. The van der Waals surface area contributed by atoms with E-state index in [2.05, 4.69) is 14.8 Å². The van der Waals surface area contributed by atoms with E-state index in [9.17, 15) is 14.4 Å². The van der Waals surface area contributed by atoms with E-state index in [1.54, 1.807) is 0 Å². The van der Waals surface area contributed by atoms with E-state index in [1.807, 2.05) is 11.8 Å². The highest BCUT2D eigenvalue weighted by Gasteiger charge is 2.25. The van der Waals surface area contributed by atoms with Crippen LogP contribution in [-0.4, -0.2) is 54.1 Å². The summed E-state index contributed by atoms with van der Waals surface area (Å²) in [5, 5.41) is 0. The van der Waals surface area contributed by atoms with Gasteiger partial charge in [0, 0.05) is 31.9 Å². The molecule has 0 bridgehead atoms. The maximum atomic E-state index is 11.7. The maximum Gasteiger partial charge on any atom is 0.325 e. The van der Waals surface area contributed by atoms with Crippen molar-refractivity contribution in [2.24, 2.45) is 0 Å². The summed E-state index contributed by atoms with van der Waals surface area (Å²) >= 11 is 0. The third-order valence-corrected chi connectivity index (χ3v) is 3.21. The van der Waals surface area contributed by atoms with Crippen molar-refractivity contribution in [3.05, 3.63) is 27.0 Å². The van der Waals surface area contributed by atoms with E-state index in [1.165, 1.54) is 6.20 Å². The fraction of sp³-hybridized carbons (Fsp3) is 0.500. The van der Waals surface area contributed by atoms with Crippen LogP contribution in [0.5, 0.6) is 0 Å². The molecule has 1 saturated heterocycles. The van der Waals surface area contributed by atoms with Crippen LogP contribution in [0.25, 0.3) is 0 Å². The first-order valence-corrected chi connectivity index (χ1v) is 5.86. The molecule has 0 saturated carbocycles. The molecule has 1 unspecified atom stereocenters. The highest BCUT2D eigenvalue weighted by molar-refractivity contribution is 6.64. The lowest BCUT2D eigenvalue weighted by Gasteiger charge is -2.39. The number of aromatic nitrogens is 2. The number of hydrogen-bond donors (Lipinski definition) is 2. The summed E-state index contributed by atoms with van der Waals surface area (Å²) in [5.74, 6) is 0. The number of hydrogen-bond acceptors (Lipinski definition) is 5. The number of aromatic amines is 2. The monoisotopic (exact) mass is 250 g/mol. The Labute approximate surface area is 104 Å². The van der Waals surface area contributed by atoms with Crippen LogP contribution in [0, 0.1) is 0 Å². The SMILES string of the molecule is CC1CN(c2c[nH]c(=O)[nH]c2=O)CCN1BC=O. The number of nitrogens with one attached hydrogen (secondary N) is 2. The lowest BCUT2D eigenvalue weighted by molar-refractivity contribution is 0.318. The average molecular weight is 250 g/mol. The minimum atomic E-state index is -0.503. The normalized spacial score (nSPS) is 20.7. The summed E-state index contributed by atoms with van der Waals surface area (Å²) in [6.07, 6.45) is 2.32. The summed E-state index contributed by atoms with van der Waals surface area (Å²) in [4.78, 5) is 41.8. The van der Waals surface area contributed by atoms with Crippen molar-refractivity contribution in [3.8, 4) is 0 Å². The number of rotatable bonds is 3. The Morgan fingerprint density at radius 1 is 1.44 bits per heavy atom. The molecule has 0 aliphatic carbocycles. The van der Waals surface area contributed by atoms with Gasteiger partial charge >= 0.3 is 5.69 Å². The van der Waals surface area contributed by atoms with E-state index in [0.717, 1.165) is 12.7 Å². The van der Waals surface area contributed by atoms with Gasteiger partial charge in [-0.15, -0.1) is 0 Å². The third-order valence-electron chi connectivity index (χ3n) is 3.21. The van der Waals surface area contributed by atoms with Gasteiger partial charge in [0.05, 0.1) is 6.19 Å². The van der Waals surface area contributed by atoms with Crippen molar-refractivity contribution in [2.75, 3.05) is 24.5 Å². The Morgan fingerprint density at radius 3 is 2.83 bits per heavy atom. The lowest BCUT2D eigenvalue weighted by Crippen LogP contribution is -2.54. The molecule has 1 atom stereocenters. The Bertz CT molecular complexity index is 540. The van der Waals surface area contributed by atoms with Gasteiger partial charge < -0.3 is 19.5 Å². The Kier molecular flexibility index (Phi) is 3.66. The number of carbonyl (C=O) groups excluding carboxylic acids is 1. The fourth-order valence-corrected chi connectivity index (χ4v) is 2.22. The fourth-order valence-electron chi connectivity index (χ4n) is 2.22. The predicted molar refractivity (Wildman–Crippen MR) is 70.0 cm³/mol. The molecule has 7 nitrogen and oxygen atoms in total. The minimum Gasteiger partial charge on any atom is -0.363 e. The van der Waals surface area contributed by atoms with Crippen LogP contribution in [0.15, 0.2) is 15.8 Å². The molecule has 1 aliphatic rings. The van der Waals surface area contributed by atoms with Crippen LogP contribution in [0.1, 0.15) is 6.92 Å². The van der Waals surface area contributed by atoms with E-state index in [-0.39, 0.29) is 11.6 Å². The van der Waals surface area contributed by atoms with Gasteiger partial charge in [-0.25, -0.2) is 4.79 Å². The quantitative estimate of drug-likeness (QED) is 0.484. The van der Waals surface area contributed by atoms with E-state index in [0.29, 0.717) is 26.2 Å². The number of anilines is 1. The molecule has 2 N–H and O–H groups in total. The minimum absolute atomic E-state index is 0.190. The van der Waals surface area contributed by atoms with Crippen molar-refractivity contribution < 1.29 is 4.79 Å². The maximum absolute atomic E-state index is 11.7. The summed E-state index contributed by atoms with van der Waals surface area (Å²) in [7, 11) is 0.414. The molecule has 18 heavy (non-hydrogen) atoms. The highest BCUT2D eigenvalue weighted by atomic mass is 16.2. The van der Waals surface area contributed by atoms with Gasteiger partial charge in [-0.1, -0.05) is 0 Å². The first kappa shape index (κ1) is 12.6. The first-order valence-electron chi connectivity index (χ1n) is 5.86. The van der Waals surface area contributed by atoms with Gasteiger partial charge in [0.15, 0.2) is 0 Å². The second kappa shape index (κ2) is 5.22. The molecular formula is C10H15BN4O3. The van der Waals surface area contributed by atoms with Crippen molar-refractivity contribution >= 4 is 19.3 Å². The molecule has 1 aliphatic heterocycles. The van der Waals surface area contributed by atoms with Crippen LogP contribution < -0.4 is 16.1 Å². The van der Waals surface area contributed by atoms with Gasteiger partial charge in [0.25, 0.3) is 13.0 Å². The van der Waals surface area contributed by atoms with Crippen molar-refractivity contribution in [1.82, 2.24) is 14.8 Å². The van der Waals surface area contributed by atoms with Crippen LogP contribution in [0.3, 0.4) is 0 Å². The number of nitrogens with zero attached hydrogens (tertiary/aromatic N) is 2. The topological polar surface area (TPSA) is 89.3 Å². The average Bonchev–Trinajstić information content (AvgIpc) is 2.32. The molecule has 96 valence electrons. The zero-order valence-corrected chi connectivity index (χ0v) is 10.2. The Morgan fingerprint density at radius 2 is 2.22 bits per heavy atom. The van der Waals surface area contributed by atoms with Gasteiger partial charge in [0.2, 0.25) is 0 Å². The summed E-state index contributed by atoms with van der Waals surface area (Å²) in [6.45, 7) is 4.05. The molecule has 0 aromatic carbocycles. The van der Waals surface area contributed by atoms with Gasteiger partial charge in [0.1, 0.15) is 5.69 Å². The zero-order valence-electron chi connectivity index (χ0n) is 10.2. The zero-order chi connectivity index (χ0) is 13.1. The summed E-state index contributed by atoms with van der Waals surface area (Å²) in [5.41, 5.74) is -0.418. The highest BCUT2D eigenvalue weighted by Crippen LogP contribution is 2.13. The van der Waals surface area contributed by atoms with Crippen LogP contribution >= 0.6 is 0 Å². The lowest BCUT2D eigenvalue weighted by atomic mass is 9.90. The van der Waals surface area contributed by atoms with Crippen LogP contribution in [-0.2, 0) is 4.79 Å². The van der Waals surface area contributed by atoms with Crippen molar-refractivity contribution in [2.45, 2.75) is 13.0 Å². The molecule has 0 spiro atoms. The van der Waals surface area contributed by atoms with Crippen molar-refractivity contribution in [1.29, 1.82) is 0 Å². The van der Waals surface area contributed by atoms with E-state index < -0.39 is 5.69 Å². The molecule has 1 aromatic heterocycles. The van der Waals surface area contributed by atoms with Crippen LogP contribution in [0.4, 0.5) is 5.69 Å². The van der Waals surface area contributed by atoms with E-state index in [4.69, 9.17) is 0 Å². The first-order chi connectivity index (χ1) is 8.61. The Hall–Kier alpha value is -1.83. The molecule has 2 rings (SSSR count). The second-order valence-electron chi connectivity index (χ2n) is 4.41. The molecular weight excluding hydrogens is 235 g/mol. The standard InChI is InChI=1S/C10H15BN4O3/c1-7-5-14(2-3-15(7)11-6-16)8-4-12-10(18)13-9(8)17/h4,6-7,11H,2-3,5H2,1H3,(H2,12,13,17,18). The largest absolute Gasteiger partial charge is 0.363 e. The van der Waals surface area contributed by atoms with Gasteiger partial charge in [-0.3, -0.25) is 9.78 Å². The molecule has 2 heterocycles. The third kappa shape index (κ3) is 2.53. The molecule has 8 heteroatoms. The molecule has 0 radical (unpaired) electrons. The van der Waals surface area contributed by atoms with Gasteiger partial charge in [-0.05, 0) is 6.92 Å². The molecule has 0 amide bonds. The number of carbonyl (C=O) groups is 1. The van der Waals surface area contributed by atoms with Crippen LogP contribution in [0.2, 0.25) is 0 Å². The summed E-state index contributed by atoms with van der Waals surface area (Å²) < 4.78 is 0. The Balaban J connectivity index is 2.15. The smallest absolute Gasteiger partial charge is 0.325 e. The number of H-pyrrole nitrogens is 2. The van der Waals surface area contributed by atoms with Gasteiger partial charge in [-0.2, -0.15) is 0 Å². The van der Waals surface area contributed by atoms with Crippen molar-refractivity contribution in [3.63, 3.8) is 0 Å². The van der Waals surface area contributed by atoms with E-state index >= 15 is 0 Å². The predicted octanol–water partition coefficient (Wildman–Crippen LogP) is -1.88. The molecule has 1 aromatic rings.